The van der Waals surface area contributed by atoms with Crippen molar-refractivity contribution in [2.45, 2.75) is 32.7 Å². The van der Waals surface area contributed by atoms with Gasteiger partial charge in [-0.15, -0.1) is 0 Å². The summed E-state index contributed by atoms with van der Waals surface area (Å²) in [4.78, 5) is 13.1. The minimum atomic E-state index is -1.12. The molecule has 4 heteroatoms. The van der Waals surface area contributed by atoms with Crippen molar-refractivity contribution < 1.29 is 9.90 Å². The van der Waals surface area contributed by atoms with Crippen molar-refractivity contribution >= 4 is 5.97 Å². The van der Waals surface area contributed by atoms with Gasteiger partial charge in [-0.3, -0.25) is 4.79 Å². The summed E-state index contributed by atoms with van der Waals surface area (Å²) >= 11 is 0. The third-order valence-corrected chi connectivity index (χ3v) is 3.46. The number of aliphatic carboxylic acids is 1. The Bertz CT molecular complexity index is 241. The molecule has 0 aliphatic carbocycles. The highest BCUT2D eigenvalue weighted by Crippen LogP contribution is 2.23. The van der Waals surface area contributed by atoms with Gasteiger partial charge in [0, 0.05) is 13.1 Å². The van der Waals surface area contributed by atoms with Crippen LogP contribution in [0.2, 0.25) is 0 Å². The highest BCUT2D eigenvalue weighted by molar-refractivity contribution is 5.78. The molecule has 0 bridgehead atoms. The molecule has 3 atom stereocenters. The highest BCUT2D eigenvalue weighted by Gasteiger charge is 2.33. The molecule has 1 heterocycles. The van der Waals surface area contributed by atoms with E-state index in [1.165, 1.54) is 0 Å². The monoisotopic (exact) mass is 214 g/mol. The van der Waals surface area contributed by atoms with Crippen LogP contribution in [0.3, 0.4) is 0 Å². The van der Waals surface area contributed by atoms with E-state index in [1.54, 1.807) is 6.92 Å². The van der Waals surface area contributed by atoms with E-state index >= 15 is 0 Å². The van der Waals surface area contributed by atoms with Crippen LogP contribution in [0.25, 0.3) is 0 Å². The summed E-state index contributed by atoms with van der Waals surface area (Å²) in [5, 5.41) is 8.94. The van der Waals surface area contributed by atoms with Crippen LogP contribution >= 0.6 is 0 Å². The van der Waals surface area contributed by atoms with Crippen molar-refractivity contribution in [3.05, 3.63) is 0 Å². The first-order chi connectivity index (χ1) is 6.83. The number of carbonyl (C=O) groups is 1. The fourth-order valence-electron chi connectivity index (χ4n) is 2.02. The predicted octanol–water partition coefficient (Wildman–Crippen LogP) is 0.766. The zero-order valence-corrected chi connectivity index (χ0v) is 9.86. The van der Waals surface area contributed by atoms with Gasteiger partial charge in [-0.05, 0) is 31.7 Å². The first kappa shape index (κ1) is 12.5. The number of nitrogens with zero attached hydrogens (tertiary/aromatic N) is 1. The predicted molar refractivity (Wildman–Crippen MR) is 59.6 cm³/mol. The van der Waals surface area contributed by atoms with Gasteiger partial charge in [0.05, 0.1) is 0 Å². The molecule has 3 N–H and O–H groups in total. The van der Waals surface area contributed by atoms with E-state index in [4.69, 9.17) is 10.8 Å². The zero-order chi connectivity index (χ0) is 11.6. The Labute approximate surface area is 91.4 Å². The Morgan fingerprint density at radius 2 is 2.13 bits per heavy atom. The molecule has 88 valence electrons. The van der Waals surface area contributed by atoms with Crippen LogP contribution in [-0.2, 0) is 4.79 Å². The average molecular weight is 214 g/mol. The van der Waals surface area contributed by atoms with E-state index in [-0.39, 0.29) is 0 Å². The van der Waals surface area contributed by atoms with E-state index < -0.39 is 11.5 Å². The number of nitrogens with two attached hydrogens (primary N) is 1. The molecular formula is C11H22N2O2. The summed E-state index contributed by atoms with van der Waals surface area (Å²) in [6, 6.07) is 0. The minimum Gasteiger partial charge on any atom is -0.480 e. The molecule has 0 saturated carbocycles. The van der Waals surface area contributed by atoms with E-state index in [0.29, 0.717) is 12.5 Å². The molecule has 1 aliphatic heterocycles. The topological polar surface area (TPSA) is 66.6 Å². The number of hydrogen-bond acceptors (Lipinski definition) is 3. The number of carboxylic acids is 1. The Kier molecular flexibility index (Phi) is 3.73. The quantitative estimate of drug-likeness (QED) is 0.728. The summed E-state index contributed by atoms with van der Waals surface area (Å²) in [7, 11) is 0. The maximum Gasteiger partial charge on any atom is 0.324 e. The highest BCUT2D eigenvalue weighted by atomic mass is 16.4. The minimum absolute atomic E-state index is 0.444. The van der Waals surface area contributed by atoms with Gasteiger partial charge in [0.25, 0.3) is 0 Å². The fourth-order valence-corrected chi connectivity index (χ4v) is 2.02. The lowest BCUT2D eigenvalue weighted by molar-refractivity contribution is -0.143. The molecule has 3 unspecified atom stereocenters. The second-order valence-corrected chi connectivity index (χ2v) is 5.20. The van der Waals surface area contributed by atoms with Gasteiger partial charge in [0.1, 0.15) is 5.54 Å². The van der Waals surface area contributed by atoms with E-state index in [1.807, 2.05) is 0 Å². The maximum atomic E-state index is 10.9. The average Bonchev–Trinajstić information content (AvgIpc) is 2.10. The normalized spacial score (nSPS) is 32.3. The Balaban J connectivity index is 2.50. The summed E-state index contributed by atoms with van der Waals surface area (Å²) in [5.74, 6) is 0.437. The molecule has 15 heavy (non-hydrogen) atoms. The van der Waals surface area contributed by atoms with Crippen molar-refractivity contribution in [1.82, 2.24) is 4.90 Å². The molecule has 4 nitrogen and oxygen atoms in total. The van der Waals surface area contributed by atoms with Crippen molar-refractivity contribution in [3.63, 3.8) is 0 Å². The van der Waals surface area contributed by atoms with Crippen LogP contribution in [0, 0.1) is 11.8 Å². The standard InChI is InChI=1S/C11H22N2O2/c1-8-4-5-13(6-9(8)2)7-11(3,12)10(14)15/h8-9H,4-7,12H2,1-3H3,(H,14,15). The molecule has 1 aliphatic rings. The van der Waals surface area contributed by atoms with Crippen LogP contribution in [0.5, 0.6) is 0 Å². The van der Waals surface area contributed by atoms with Crippen molar-refractivity contribution in [2.24, 2.45) is 17.6 Å². The molecule has 1 saturated heterocycles. The number of piperidine rings is 1. The lowest BCUT2D eigenvalue weighted by Crippen LogP contribution is -2.55. The number of rotatable bonds is 3. The van der Waals surface area contributed by atoms with Gasteiger partial charge >= 0.3 is 5.97 Å². The summed E-state index contributed by atoms with van der Waals surface area (Å²) in [6.45, 7) is 8.41. The van der Waals surface area contributed by atoms with Crippen molar-refractivity contribution in [3.8, 4) is 0 Å². The summed E-state index contributed by atoms with van der Waals surface area (Å²) in [6.07, 6.45) is 1.14. The van der Waals surface area contributed by atoms with E-state index in [2.05, 4.69) is 18.7 Å². The van der Waals surface area contributed by atoms with Gasteiger partial charge in [0.15, 0.2) is 0 Å². The second kappa shape index (κ2) is 4.49. The third-order valence-electron chi connectivity index (χ3n) is 3.46. The second-order valence-electron chi connectivity index (χ2n) is 5.20. The molecule has 0 spiro atoms. The lowest BCUT2D eigenvalue weighted by Gasteiger charge is -2.38. The fraction of sp³-hybridized carbons (Fsp3) is 0.909. The molecule has 1 fully saturated rings. The Morgan fingerprint density at radius 3 is 2.60 bits per heavy atom. The summed E-state index contributed by atoms with van der Waals surface area (Å²) in [5.41, 5.74) is 4.60. The van der Waals surface area contributed by atoms with Gasteiger partial charge < -0.3 is 15.7 Å². The summed E-state index contributed by atoms with van der Waals surface area (Å²) < 4.78 is 0. The van der Waals surface area contributed by atoms with Gasteiger partial charge in [-0.1, -0.05) is 13.8 Å². The molecule has 0 aromatic rings. The maximum absolute atomic E-state index is 10.9. The van der Waals surface area contributed by atoms with E-state index in [0.717, 1.165) is 25.4 Å². The van der Waals surface area contributed by atoms with Crippen LogP contribution in [0.1, 0.15) is 27.2 Å². The number of hydrogen-bond donors (Lipinski definition) is 2. The SMILES string of the molecule is CC1CCN(CC(C)(N)C(=O)O)CC1C. The number of likely N-dealkylation sites (tertiary alicyclic amines) is 1. The molecule has 1 rings (SSSR count). The zero-order valence-electron chi connectivity index (χ0n) is 9.86. The third kappa shape index (κ3) is 3.18. The lowest BCUT2D eigenvalue weighted by atomic mass is 9.88. The van der Waals surface area contributed by atoms with Crippen LogP contribution in [0.4, 0.5) is 0 Å². The van der Waals surface area contributed by atoms with Crippen LogP contribution in [-0.4, -0.2) is 41.1 Å². The van der Waals surface area contributed by atoms with Gasteiger partial charge in [-0.2, -0.15) is 0 Å². The van der Waals surface area contributed by atoms with Gasteiger partial charge in [0.2, 0.25) is 0 Å². The molecule has 0 amide bonds. The van der Waals surface area contributed by atoms with Crippen molar-refractivity contribution in [2.75, 3.05) is 19.6 Å². The van der Waals surface area contributed by atoms with E-state index in [9.17, 15) is 4.79 Å². The first-order valence-corrected chi connectivity index (χ1v) is 5.57. The molecular weight excluding hydrogens is 192 g/mol. The largest absolute Gasteiger partial charge is 0.480 e. The number of carboxylic acid groups (broad SMARTS) is 1. The van der Waals surface area contributed by atoms with Crippen molar-refractivity contribution in [1.29, 1.82) is 0 Å². The van der Waals surface area contributed by atoms with Crippen LogP contribution < -0.4 is 5.73 Å². The van der Waals surface area contributed by atoms with Gasteiger partial charge in [-0.25, -0.2) is 0 Å². The Hall–Kier alpha value is -0.610. The van der Waals surface area contributed by atoms with Crippen LogP contribution in [0.15, 0.2) is 0 Å². The molecule has 0 aromatic carbocycles. The molecule has 0 aromatic heterocycles. The Morgan fingerprint density at radius 1 is 1.53 bits per heavy atom. The first-order valence-electron chi connectivity index (χ1n) is 5.57. The molecule has 0 radical (unpaired) electrons. The smallest absolute Gasteiger partial charge is 0.324 e.